The van der Waals surface area contributed by atoms with Crippen LogP contribution in [-0.2, 0) is 4.79 Å². The van der Waals surface area contributed by atoms with E-state index in [0.717, 1.165) is 16.9 Å². The Morgan fingerprint density at radius 1 is 0.935 bits per heavy atom. The highest BCUT2D eigenvalue weighted by Crippen LogP contribution is 2.25. The summed E-state index contributed by atoms with van der Waals surface area (Å²) in [5.41, 5.74) is 3.33. The van der Waals surface area contributed by atoms with E-state index < -0.39 is 0 Å². The second-order valence-electron chi connectivity index (χ2n) is 7.34. The molecule has 0 aliphatic carbocycles. The van der Waals surface area contributed by atoms with E-state index in [1.807, 2.05) is 32.9 Å². The Kier molecular flexibility index (Phi) is 5.62. The summed E-state index contributed by atoms with van der Waals surface area (Å²) < 4.78 is 16.9. The average molecular weight is 417 g/mol. The minimum atomic E-state index is -0.317. The van der Waals surface area contributed by atoms with Crippen LogP contribution in [0.15, 0.2) is 63.8 Å². The quantitative estimate of drug-likeness (QED) is 0.448. The van der Waals surface area contributed by atoms with Crippen molar-refractivity contribution in [3.63, 3.8) is 0 Å². The standard InChI is InChI=1S/C25H23NO5/c1-4-29-18-6-8-19(9-7-18)30-14-23(27)26-17-5-10-20-22(13-17)31-25-16(3)11-15(2)12-21(25)24(20)28/h5-13H,4,14H2,1-3H3,(H,26,27). The van der Waals surface area contributed by atoms with Crippen molar-refractivity contribution in [3.05, 3.63) is 75.9 Å². The van der Waals surface area contributed by atoms with Crippen LogP contribution in [0, 0.1) is 13.8 Å². The number of benzene rings is 3. The van der Waals surface area contributed by atoms with Gasteiger partial charge in [0.25, 0.3) is 5.91 Å². The summed E-state index contributed by atoms with van der Waals surface area (Å²) in [6.07, 6.45) is 0. The van der Waals surface area contributed by atoms with E-state index in [1.54, 1.807) is 42.5 Å². The molecule has 1 heterocycles. The minimum absolute atomic E-state index is 0.0836. The topological polar surface area (TPSA) is 77.8 Å². The number of carbonyl (C=O) groups excluding carboxylic acids is 1. The normalized spacial score (nSPS) is 10.9. The molecule has 158 valence electrons. The first-order valence-corrected chi connectivity index (χ1v) is 10.1. The molecule has 0 saturated carbocycles. The van der Waals surface area contributed by atoms with Gasteiger partial charge in [-0.3, -0.25) is 9.59 Å². The molecule has 0 radical (unpaired) electrons. The zero-order chi connectivity index (χ0) is 22.0. The molecule has 1 amide bonds. The Morgan fingerprint density at radius 3 is 2.35 bits per heavy atom. The Hall–Kier alpha value is -3.80. The van der Waals surface area contributed by atoms with Crippen molar-refractivity contribution in [3.8, 4) is 11.5 Å². The fraction of sp³-hybridized carbons (Fsp3) is 0.200. The van der Waals surface area contributed by atoms with Crippen LogP contribution in [0.3, 0.4) is 0 Å². The van der Waals surface area contributed by atoms with Gasteiger partial charge in [-0.25, -0.2) is 0 Å². The molecule has 0 unspecified atom stereocenters. The molecule has 3 aromatic carbocycles. The van der Waals surface area contributed by atoms with Crippen LogP contribution in [0.4, 0.5) is 5.69 Å². The summed E-state index contributed by atoms with van der Waals surface area (Å²) in [6.45, 7) is 6.21. The summed E-state index contributed by atoms with van der Waals surface area (Å²) in [7, 11) is 0. The lowest BCUT2D eigenvalue weighted by Crippen LogP contribution is -2.20. The van der Waals surface area contributed by atoms with Gasteiger partial charge in [-0.1, -0.05) is 6.07 Å². The molecule has 0 fully saturated rings. The van der Waals surface area contributed by atoms with Crippen molar-refractivity contribution in [2.75, 3.05) is 18.5 Å². The molecule has 1 N–H and O–H groups in total. The monoisotopic (exact) mass is 417 g/mol. The first-order valence-electron chi connectivity index (χ1n) is 10.1. The first-order chi connectivity index (χ1) is 14.9. The largest absolute Gasteiger partial charge is 0.494 e. The zero-order valence-corrected chi connectivity index (χ0v) is 17.7. The van der Waals surface area contributed by atoms with Crippen molar-refractivity contribution in [1.82, 2.24) is 0 Å². The lowest BCUT2D eigenvalue weighted by atomic mass is 10.1. The SMILES string of the molecule is CCOc1ccc(OCC(=O)Nc2ccc3c(=O)c4cc(C)cc(C)c4oc3c2)cc1. The second kappa shape index (κ2) is 8.52. The Balaban J connectivity index is 1.51. The number of hydrogen-bond donors (Lipinski definition) is 1. The number of fused-ring (bicyclic) bond motifs is 2. The van der Waals surface area contributed by atoms with Gasteiger partial charge in [0.05, 0.1) is 17.4 Å². The number of amides is 1. The number of hydrogen-bond acceptors (Lipinski definition) is 5. The lowest BCUT2D eigenvalue weighted by Gasteiger charge is -2.10. The first kappa shape index (κ1) is 20.5. The number of nitrogens with one attached hydrogen (secondary N) is 1. The molecule has 0 aliphatic rings. The second-order valence-corrected chi connectivity index (χ2v) is 7.34. The fourth-order valence-corrected chi connectivity index (χ4v) is 3.53. The van der Waals surface area contributed by atoms with Crippen molar-refractivity contribution < 1.29 is 18.7 Å². The molecule has 6 nitrogen and oxygen atoms in total. The number of ether oxygens (including phenoxy) is 2. The van der Waals surface area contributed by atoms with E-state index in [9.17, 15) is 9.59 Å². The van der Waals surface area contributed by atoms with Crippen LogP contribution in [0.25, 0.3) is 21.9 Å². The maximum absolute atomic E-state index is 12.9. The van der Waals surface area contributed by atoms with Crippen molar-refractivity contribution in [2.45, 2.75) is 20.8 Å². The average Bonchev–Trinajstić information content (AvgIpc) is 2.74. The third-order valence-electron chi connectivity index (χ3n) is 4.89. The Bertz CT molecular complexity index is 1320. The summed E-state index contributed by atoms with van der Waals surface area (Å²) in [5, 5.41) is 3.81. The molecule has 0 atom stereocenters. The van der Waals surface area contributed by atoms with Gasteiger partial charge in [0.2, 0.25) is 5.43 Å². The number of carbonyl (C=O) groups is 1. The number of anilines is 1. The molecule has 31 heavy (non-hydrogen) atoms. The van der Waals surface area contributed by atoms with Gasteiger partial charge in [0.15, 0.2) is 6.61 Å². The molecule has 0 spiro atoms. The number of rotatable bonds is 6. The highest BCUT2D eigenvalue weighted by atomic mass is 16.5. The van der Waals surface area contributed by atoms with Crippen molar-refractivity contribution in [2.24, 2.45) is 0 Å². The Morgan fingerprint density at radius 2 is 1.65 bits per heavy atom. The molecule has 6 heteroatoms. The van der Waals surface area contributed by atoms with Gasteiger partial charge in [0.1, 0.15) is 22.7 Å². The van der Waals surface area contributed by atoms with Gasteiger partial charge in [-0.2, -0.15) is 0 Å². The van der Waals surface area contributed by atoms with E-state index >= 15 is 0 Å². The molecule has 4 rings (SSSR count). The molecule has 4 aromatic rings. The van der Waals surface area contributed by atoms with Gasteiger partial charge >= 0.3 is 0 Å². The highest BCUT2D eigenvalue weighted by Gasteiger charge is 2.12. The summed E-state index contributed by atoms with van der Waals surface area (Å²) in [6, 6.07) is 15.9. The molecule has 0 bridgehead atoms. The summed E-state index contributed by atoms with van der Waals surface area (Å²) in [4.78, 5) is 25.2. The molecule has 0 aliphatic heterocycles. The lowest BCUT2D eigenvalue weighted by molar-refractivity contribution is -0.118. The van der Waals surface area contributed by atoms with Gasteiger partial charge in [-0.15, -0.1) is 0 Å². The van der Waals surface area contributed by atoms with E-state index in [1.165, 1.54) is 0 Å². The highest BCUT2D eigenvalue weighted by molar-refractivity contribution is 5.96. The van der Waals surface area contributed by atoms with Gasteiger partial charge in [0, 0.05) is 11.8 Å². The van der Waals surface area contributed by atoms with Crippen LogP contribution < -0.4 is 20.2 Å². The van der Waals surface area contributed by atoms with Crippen LogP contribution >= 0.6 is 0 Å². The third kappa shape index (κ3) is 4.38. The van der Waals surface area contributed by atoms with Crippen LogP contribution in [0.5, 0.6) is 11.5 Å². The smallest absolute Gasteiger partial charge is 0.262 e. The molecular weight excluding hydrogens is 394 g/mol. The van der Waals surface area contributed by atoms with Gasteiger partial charge < -0.3 is 19.2 Å². The van der Waals surface area contributed by atoms with Crippen molar-refractivity contribution in [1.29, 1.82) is 0 Å². The maximum atomic E-state index is 12.9. The van der Waals surface area contributed by atoms with Gasteiger partial charge in [-0.05, 0) is 74.4 Å². The minimum Gasteiger partial charge on any atom is -0.494 e. The molecule has 1 aromatic heterocycles. The van der Waals surface area contributed by atoms with E-state index in [4.69, 9.17) is 13.9 Å². The van der Waals surface area contributed by atoms with E-state index in [0.29, 0.717) is 40.0 Å². The zero-order valence-electron chi connectivity index (χ0n) is 17.7. The van der Waals surface area contributed by atoms with Crippen molar-refractivity contribution >= 4 is 33.5 Å². The fourth-order valence-electron chi connectivity index (χ4n) is 3.53. The molecular formula is C25H23NO5. The predicted molar refractivity (Wildman–Crippen MR) is 121 cm³/mol. The van der Waals surface area contributed by atoms with E-state index in [2.05, 4.69) is 5.32 Å². The van der Waals surface area contributed by atoms with Crippen LogP contribution in [0.1, 0.15) is 18.1 Å². The maximum Gasteiger partial charge on any atom is 0.262 e. The molecule has 0 saturated heterocycles. The Labute approximate surface area is 179 Å². The van der Waals surface area contributed by atoms with Crippen LogP contribution in [-0.4, -0.2) is 19.1 Å². The van der Waals surface area contributed by atoms with E-state index in [-0.39, 0.29) is 17.9 Å². The number of aryl methyl sites for hydroxylation is 2. The predicted octanol–water partition coefficient (Wildman–Crippen LogP) is 4.98. The summed E-state index contributed by atoms with van der Waals surface area (Å²) >= 11 is 0. The summed E-state index contributed by atoms with van der Waals surface area (Å²) in [5.74, 6) is 0.999. The third-order valence-corrected chi connectivity index (χ3v) is 4.89. The van der Waals surface area contributed by atoms with Crippen LogP contribution in [0.2, 0.25) is 0 Å².